The maximum atomic E-state index is 6.78. The Morgan fingerprint density at radius 1 is 0.400 bits per heavy atom. The second-order valence-electron chi connectivity index (χ2n) is 25.8. The minimum Gasteiger partial charge on any atom is -0.456 e. The molecule has 8 aromatic rings. The molecule has 0 radical (unpaired) electrons. The molecule has 10 rings (SSSR count). The third-order valence-electron chi connectivity index (χ3n) is 16.5. The Morgan fingerprint density at radius 3 is 1.44 bits per heavy atom. The van der Waals surface area contributed by atoms with E-state index >= 15 is 0 Å². The van der Waals surface area contributed by atoms with Crippen LogP contribution in [0.1, 0.15) is 162 Å². The monoisotopic (exact) mass is 925 g/mol. The average molecular weight is 925 g/mol. The third-order valence-corrected chi connectivity index (χ3v) is 16.5. The van der Waals surface area contributed by atoms with Crippen LogP contribution in [0.15, 0.2) is 144 Å². The van der Waals surface area contributed by atoms with Gasteiger partial charge >= 0.3 is 0 Å². The number of hydrogen-bond donors (Lipinski definition) is 0. The number of aryl methyl sites for hydroxylation is 1. The summed E-state index contributed by atoms with van der Waals surface area (Å²) in [5, 5.41) is 2.28. The topological polar surface area (TPSA) is 19.6 Å². The van der Waals surface area contributed by atoms with Gasteiger partial charge in [-0.3, -0.25) is 0 Å². The van der Waals surface area contributed by atoms with Crippen LogP contribution in [-0.4, -0.2) is 0 Å². The Kier molecular flexibility index (Phi) is 11.2. The fourth-order valence-corrected chi connectivity index (χ4v) is 11.7. The number of nitrogens with zero attached hydrogens (tertiary/aromatic N) is 2. The van der Waals surface area contributed by atoms with Gasteiger partial charge in [-0.2, -0.15) is 0 Å². The highest BCUT2D eigenvalue weighted by atomic mass is 16.3. The number of furan rings is 1. The highest BCUT2D eigenvalue weighted by molar-refractivity contribution is 6.07. The number of anilines is 6. The lowest BCUT2D eigenvalue weighted by molar-refractivity contribution is 0.332. The van der Waals surface area contributed by atoms with Gasteiger partial charge in [0.1, 0.15) is 11.2 Å². The van der Waals surface area contributed by atoms with Crippen LogP contribution in [0.25, 0.3) is 33.1 Å². The van der Waals surface area contributed by atoms with E-state index in [1.165, 1.54) is 74.3 Å². The van der Waals surface area contributed by atoms with E-state index in [0.29, 0.717) is 0 Å². The molecule has 2 aliphatic carbocycles. The number of fused-ring (bicyclic) bond motifs is 5. The van der Waals surface area contributed by atoms with Gasteiger partial charge in [0.05, 0.1) is 5.69 Å². The molecule has 1 aromatic heterocycles. The first-order valence-corrected chi connectivity index (χ1v) is 26.0. The van der Waals surface area contributed by atoms with E-state index in [4.69, 9.17) is 4.42 Å². The predicted molar refractivity (Wildman–Crippen MR) is 301 cm³/mol. The predicted octanol–water partition coefficient (Wildman–Crippen LogP) is 19.8. The molecule has 0 atom stereocenters. The molecule has 7 aromatic carbocycles. The molecule has 360 valence electrons. The summed E-state index contributed by atoms with van der Waals surface area (Å²) in [6, 6.07) is 53.5. The third kappa shape index (κ3) is 8.46. The van der Waals surface area contributed by atoms with Crippen LogP contribution in [0.4, 0.5) is 34.1 Å². The second-order valence-corrected chi connectivity index (χ2v) is 25.8. The van der Waals surface area contributed by atoms with Crippen molar-refractivity contribution < 1.29 is 4.42 Å². The van der Waals surface area contributed by atoms with Gasteiger partial charge in [-0.25, -0.2) is 0 Å². The fourth-order valence-electron chi connectivity index (χ4n) is 11.7. The molecule has 0 fully saturated rings. The average Bonchev–Trinajstić information content (AvgIpc) is 3.67. The summed E-state index contributed by atoms with van der Waals surface area (Å²) in [5.41, 5.74) is 20.9. The van der Waals surface area contributed by atoms with Gasteiger partial charge in [0.2, 0.25) is 0 Å². The molecular weight excluding hydrogens is 849 g/mol. The molecule has 0 unspecified atom stereocenters. The smallest absolute Gasteiger partial charge is 0.137 e. The summed E-state index contributed by atoms with van der Waals surface area (Å²) in [4.78, 5) is 5.04. The lowest BCUT2D eigenvalue weighted by Gasteiger charge is -2.43. The van der Waals surface area contributed by atoms with Crippen molar-refractivity contribution in [2.24, 2.45) is 0 Å². The molecule has 0 amide bonds. The van der Waals surface area contributed by atoms with E-state index in [1.54, 1.807) is 0 Å². The Bertz CT molecular complexity index is 3230. The summed E-state index contributed by atoms with van der Waals surface area (Å²) in [6.45, 7) is 35.5. The van der Waals surface area contributed by atoms with Crippen LogP contribution < -0.4 is 9.80 Å². The zero-order valence-corrected chi connectivity index (χ0v) is 44.9. The standard InChI is InChI=1S/C67H76N2O/c1-43-35-50(68(47-24-27-55-57(40-47)66(12,13)33-31-64(55,8)9)48-25-28-56-58(41-48)67(14,15)34-32-65(56,10)11)39-51(36-43)69(59-29-21-45(62(2,3)4)37-53(59)44-19-17-16-18-20-44)49-23-26-52-54-38-46(63(5,6)7)22-30-60(54)70-61(52)42-49/h16-30,35-42H,31-34H2,1-15H3. The molecule has 2 aliphatic rings. The van der Waals surface area contributed by atoms with Gasteiger partial charge in [0.15, 0.2) is 0 Å². The molecule has 0 spiro atoms. The van der Waals surface area contributed by atoms with E-state index < -0.39 is 0 Å². The Morgan fingerprint density at radius 2 is 0.886 bits per heavy atom. The van der Waals surface area contributed by atoms with Crippen molar-refractivity contribution in [1.29, 1.82) is 0 Å². The Balaban J connectivity index is 1.24. The van der Waals surface area contributed by atoms with Crippen molar-refractivity contribution in [3.63, 3.8) is 0 Å². The van der Waals surface area contributed by atoms with Crippen molar-refractivity contribution in [3.05, 3.63) is 178 Å². The van der Waals surface area contributed by atoms with Crippen molar-refractivity contribution in [2.75, 3.05) is 9.80 Å². The van der Waals surface area contributed by atoms with Crippen LogP contribution in [0.2, 0.25) is 0 Å². The molecule has 0 saturated heterocycles. The van der Waals surface area contributed by atoms with Gasteiger partial charge in [-0.05, 0) is 188 Å². The molecule has 0 bridgehead atoms. The van der Waals surface area contributed by atoms with Gasteiger partial charge in [0.25, 0.3) is 0 Å². The second kappa shape index (κ2) is 16.5. The highest BCUT2D eigenvalue weighted by Gasteiger charge is 2.39. The van der Waals surface area contributed by atoms with Crippen LogP contribution in [-0.2, 0) is 32.5 Å². The van der Waals surface area contributed by atoms with Gasteiger partial charge in [-0.15, -0.1) is 0 Å². The van der Waals surface area contributed by atoms with Gasteiger partial charge in [-0.1, -0.05) is 152 Å². The summed E-state index contributed by atoms with van der Waals surface area (Å²) >= 11 is 0. The zero-order valence-electron chi connectivity index (χ0n) is 44.9. The Hall–Kier alpha value is -6.06. The van der Waals surface area contributed by atoms with Gasteiger partial charge < -0.3 is 14.2 Å². The van der Waals surface area contributed by atoms with Crippen molar-refractivity contribution in [2.45, 2.75) is 162 Å². The molecule has 1 heterocycles. The largest absolute Gasteiger partial charge is 0.456 e. The number of hydrogen-bond acceptors (Lipinski definition) is 3. The first-order valence-electron chi connectivity index (χ1n) is 26.0. The highest BCUT2D eigenvalue weighted by Crippen LogP contribution is 2.52. The van der Waals surface area contributed by atoms with E-state index in [0.717, 1.165) is 57.5 Å². The Labute approximate surface area is 420 Å². The summed E-state index contributed by atoms with van der Waals surface area (Å²) in [7, 11) is 0. The molecule has 70 heavy (non-hydrogen) atoms. The SMILES string of the molecule is Cc1cc(N(c2ccc3c(c2)C(C)(C)CCC3(C)C)c2ccc3c(c2)C(C)(C)CCC3(C)C)cc(N(c2ccc3c(c2)oc2ccc(C(C)(C)C)cc23)c2ccc(C(C)(C)C)cc2-c2ccccc2)c1. The van der Waals surface area contributed by atoms with E-state index in [2.05, 4.69) is 253 Å². The van der Waals surface area contributed by atoms with Crippen LogP contribution in [0.3, 0.4) is 0 Å². The summed E-state index contributed by atoms with van der Waals surface area (Å²) < 4.78 is 6.78. The maximum Gasteiger partial charge on any atom is 0.137 e. The van der Waals surface area contributed by atoms with Crippen molar-refractivity contribution in [3.8, 4) is 11.1 Å². The number of rotatable bonds is 7. The first kappa shape index (κ1) is 47.6. The minimum atomic E-state index is -0.0414. The molecular formula is C67H76N2O. The molecule has 0 N–H and O–H groups in total. The van der Waals surface area contributed by atoms with Crippen LogP contribution in [0, 0.1) is 6.92 Å². The lowest BCUT2D eigenvalue weighted by atomic mass is 9.63. The van der Waals surface area contributed by atoms with Crippen molar-refractivity contribution in [1.82, 2.24) is 0 Å². The quantitative estimate of drug-likeness (QED) is 0.159. The lowest BCUT2D eigenvalue weighted by Crippen LogP contribution is -2.34. The van der Waals surface area contributed by atoms with Crippen LogP contribution in [0.5, 0.6) is 0 Å². The fraction of sp³-hybridized carbons (Fsp3) is 0.373. The zero-order chi connectivity index (χ0) is 49.9. The van der Waals surface area contributed by atoms with E-state index in [-0.39, 0.29) is 32.5 Å². The van der Waals surface area contributed by atoms with E-state index in [9.17, 15) is 0 Å². The summed E-state index contributed by atoms with van der Waals surface area (Å²) in [5.74, 6) is 0. The molecule has 3 nitrogen and oxygen atoms in total. The minimum absolute atomic E-state index is 0.0239. The first-order chi connectivity index (χ1) is 32.8. The van der Waals surface area contributed by atoms with Gasteiger partial charge in [0, 0.05) is 50.8 Å². The molecule has 3 heteroatoms. The number of benzene rings is 7. The molecule has 0 saturated carbocycles. The normalized spacial score (nSPS) is 17.0. The van der Waals surface area contributed by atoms with E-state index in [1.807, 2.05) is 0 Å². The van der Waals surface area contributed by atoms with Crippen molar-refractivity contribution >= 4 is 56.1 Å². The van der Waals surface area contributed by atoms with Crippen LogP contribution >= 0.6 is 0 Å². The summed E-state index contributed by atoms with van der Waals surface area (Å²) in [6.07, 6.45) is 4.69. The molecule has 0 aliphatic heterocycles. The maximum absolute atomic E-state index is 6.78.